The molecule has 8 nitrogen and oxygen atoms in total. The molecule has 1 aliphatic carbocycles. The molecule has 2 atom stereocenters. The number of likely N-dealkylation sites (tertiary alicyclic amines) is 1. The smallest absolute Gasteiger partial charge is 0.253 e. The van der Waals surface area contributed by atoms with Crippen LogP contribution in [-0.4, -0.2) is 72.4 Å². The lowest BCUT2D eigenvalue weighted by atomic mass is 9.83. The fourth-order valence-corrected chi connectivity index (χ4v) is 8.28. The summed E-state index contributed by atoms with van der Waals surface area (Å²) in [4.78, 5) is 34.5. The van der Waals surface area contributed by atoms with Crippen LogP contribution in [0.15, 0.2) is 23.0 Å². The predicted molar refractivity (Wildman–Crippen MR) is 186 cm³/mol. The second-order valence-corrected chi connectivity index (χ2v) is 14.3. The molecule has 0 bridgehead atoms. The molecule has 254 valence electrons. The number of H-pyrrole nitrogens is 1. The van der Waals surface area contributed by atoms with Gasteiger partial charge in [0.2, 0.25) is 0 Å². The summed E-state index contributed by atoms with van der Waals surface area (Å²) in [5.74, 6) is 0.142. The number of hydrogen-bond acceptors (Lipinski definition) is 6. The second-order valence-electron chi connectivity index (χ2n) is 14.3. The monoisotopic (exact) mass is 634 g/mol. The number of aryl methyl sites for hydroxylation is 2. The molecule has 2 aliphatic heterocycles. The molecule has 8 heteroatoms. The molecule has 3 aliphatic rings. The van der Waals surface area contributed by atoms with Crippen molar-refractivity contribution in [3.05, 3.63) is 62.1 Å². The van der Waals surface area contributed by atoms with E-state index in [1.807, 2.05) is 19.9 Å². The van der Waals surface area contributed by atoms with Crippen molar-refractivity contribution in [3.8, 4) is 0 Å². The van der Waals surface area contributed by atoms with E-state index in [-0.39, 0.29) is 36.6 Å². The number of benzene rings is 1. The Morgan fingerprint density at radius 3 is 2.28 bits per heavy atom. The molecule has 1 aromatic carbocycles. The summed E-state index contributed by atoms with van der Waals surface area (Å²) < 4.78 is 5.67. The molecule has 2 unspecified atom stereocenters. The van der Waals surface area contributed by atoms with Crippen molar-refractivity contribution in [2.24, 2.45) is 0 Å². The molecule has 46 heavy (non-hydrogen) atoms. The van der Waals surface area contributed by atoms with Crippen LogP contribution in [0.1, 0.15) is 128 Å². The summed E-state index contributed by atoms with van der Waals surface area (Å²) in [6.45, 7) is 8.68. The molecular formula is C38H58N4O4. The molecule has 2 saturated heterocycles. The SMILES string of the molecule is Cc1cc(C)c(CNC(=O)c2cc(C3CCC(CO)N(C4CCCCCCCCC4)C3)cc(N(C)C3CCOCC3)c2C)c(=O)[nH]1. The zero-order valence-electron chi connectivity index (χ0n) is 28.8. The van der Waals surface area contributed by atoms with Gasteiger partial charge >= 0.3 is 0 Å². The molecule has 1 aromatic heterocycles. The van der Waals surface area contributed by atoms with Gasteiger partial charge in [-0.2, -0.15) is 0 Å². The van der Waals surface area contributed by atoms with Crippen LogP contribution >= 0.6 is 0 Å². The Kier molecular flexibility index (Phi) is 12.4. The minimum Gasteiger partial charge on any atom is -0.395 e. The van der Waals surface area contributed by atoms with Gasteiger partial charge in [-0.25, -0.2) is 0 Å². The topological polar surface area (TPSA) is 97.9 Å². The zero-order chi connectivity index (χ0) is 32.6. The van der Waals surface area contributed by atoms with Crippen molar-refractivity contribution in [2.75, 3.05) is 38.3 Å². The molecule has 1 amide bonds. The lowest BCUT2D eigenvalue weighted by Crippen LogP contribution is -2.50. The molecule has 3 N–H and O–H groups in total. The van der Waals surface area contributed by atoms with Crippen molar-refractivity contribution in [1.82, 2.24) is 15.2 Å². The minimum atomic E-state index is -0.149. The maximum absolute atomic E-state index is 14.0. The van der Waals surface area contributed by atoms with Crippen molar-refractivity contribution in [3.63, 3.8) is 0 Å². The van der Waals surface area contributed by atoms with Gasteiger partial charge in [0, 0.05) is 74.0 Å². The van der Waals surface area contributed by atoms with Crippen LogP contribution in [0.5, 0.6) is 0 Å². The van der Waals surface area contributed by atoms with E-state index in [0.29, 0.717) is 23.2 Å². The van der Waals surface area contributed by atoms with Gasteiger partial charge in [-0.1, -0.05) is 44.9 Å². The Bertz CT molecular complexity index is 1360. The largest absolute Gasteiger partial charge is 0.395 e. The first-order valence-corrected chi connectivity index (χ1v) is 18.1. The highest BCUT2D eigenvalue weighted by molar-refractivity contribution is 5.97. The molecule has 1 saturated carbocycles. The average molecular weight is 635 g/mol. The van der Waals surface area contributed by atoms with E-state index in [9.17, 15) is 14.7 Å². The molecule has 5 rings (SSSR count). The Morgan fingerprint density at radius 1 is 0.957 bits per heavy atom. The summed E-state index contributed by atoms with van der Waals surface area (Å²) >= 11 is 0. The van der Waals surface area contributed by atoms with Gasteiger partial charge in [0.1, 0.15) is 0 Å². The average Bonchev–Trinajstić information content (AvgIpc) is 3.06. The number of piperidine rings is 1. The number of nitrogens with zero attached hydrogens (tertiary/aromatic N) is 2. The number of carbonyl (C=O) groups is 1. The van der Waals surface area contributed by atoms with E-state index in [2.05, 4.69) is 46.2 Å². The van der Waals surface area contributed by atoms with Gasteiger partial charge in [-0.15, -0.1) is 0 Å². The summed E-state index contributed by atoms with van der Waals surface area (Å²) in [7, 11) is 2.16. The van der Waals surface area contributed by atoms with Crippen molar-refractivity contribution in [1.29, 1.82) is 0 Å². The summed E-state index contributed by atoms with van der Waals surface area (Å²) in [6.07, 6.45) is 15.5. The number of hydrogen-bond donors (Lipinski definition) is 3. The number of ether oxygens (including phenoxy) is 1. The standard InChI is InChI=1S/C38H58N4O4/c1-26-20-27(2)40-38(45)35(26)23-39-37(44)34-21-30(22-36(28(34)3)41(4)31-16-18-46-19-17-31)29-14-15-33(25-43)42(24-29)32-12-10-8-6-5-7-9-11-13-32/h20-22,29,31-33,43H,5-19,23-25H2,1-4H3,(H,39,44)(H,40,45). The van der Waals surface area contributed by atoms with E-state index in [0.717, 1.165) is 68.0 Å². The van der Waals surface area contributed by atoms with Crippen LogP contribution in [-0.2, 0) is 11.3 Å². The number of carbonyl (C=O) groups excluding carboxylic acids is 1. The van der Waals surface area contributed by atoms with E-state index in [1.165, 1.54) is 63.4 Å². The number of anilines is 1. The summed E-state index contributed by atoms with van der Waals surface area (Å²) in [5.41, 5.74) is 6.11. The van der Waals surface area contributed by atoms with Crippen LogP contribution in [0.4, 0.5) is 5.69 Å². The van der Waals surface area contributed by atoms with E-state index in [1.54, 1.807) is 0 Å². The van der Waals surface area contributed by atoms with Gasteiger partial charge in [-0.05, 0) is 100 Å². The van der Waals surface area contributed by atoms with Crippen molar-refractivity contribution in [2.45, 2.75) is 135 Å². The first kappa shape index (κ1) is 34.6. The highest BCUT2D eigenvalue weighted by Crippen LogP contribution is 2.38. The number of aromatic amines is 1. The Hall–Kier alpha value is -2.68. The van der Waals surface area contributed by atoms with Gasteiger partial charge in [0.05, 0.1) is 6.61 Å². The molecule has 3 fully saturated rings. The first-order chi connectivity index (χ1) is 22.3. The number of amides is 1. The first-order valence-electron chi connectivity index (χ1n) is 18.1. The highest BCUT2D eigenvalue weighted by atomic mass is 16.5. The van der Waals surface area contributed by atoms with E-state index in [4.69, 9.17) is 4.74 Å². The third-order valence-corrected chi connectivity index (χ3v) is 11.2. The highest BCUT2D eigenvalue weighted by Gasteiger charge is 2.34. The van der Waals surface area contributed by atoms with Crippen molar-refractivity contribution < 1.29 is 14.6 Å². The van der Waals surface area contributed by atoms with Gasteiger partial charge in [0.15, 0.2) is 0 Å². The Balaban J connectivity index is 1.44. The number of pyridine rings is 1. The number of aromatic nitrogens is 1. The van der Waals surface area contributed by atoms with Gasteiger partial charge in [-0.3, -0.25) is 14.5 Å². The fraction of sp³-hybridized carbons (Fsp3) is 0.684. The molecule has 3 heterocycles. The Labute approximate surface area is 276 Å². The van der Waals surface area contributed by atoms with E-state index < -0.39 is 0 Å². The molecule has 2 aromatic rings. The molecule has 0 radical (unpaired) electrons. The Morgan fingerprint density at radius 2 is 1.63 bits per heavy atom. The van der Waals surface area contributed by atoms with E-state index >= 15 is 0 Å². The second kappa shape index (κ2) is 16.4. The predicted octanol–water partition coefficient (Wildman–Crippen LogP) is 6.28. The summed E-state index contributed by atoms with van der Waals surface area (Å²) in [5, 5.41) is 13.6. The van der Waals surface area contributed by atoms with Crippen LogP contribution in [0, 0.1) is 20.8 Å². The van der Waals surface area contributed by atoms with Gasteiger partial charge in [0.25, 0.3) is 11.5 Å². The van der Waals surface area contributed by atoms with Crippen LogP contribution in [0.2, 0.25) is 0 Å². The normalized spacial score (nSPS) is 22.8. The maximum atomic E-state index is 14.0. The molecular weight excluding hydrogens is 576 g/mol. The van der Waals surface area contributed by atoms with Crippen molar-refractivity contribution >= 4 is 11.6 Å². The lowest BCUT2D eigenvalue weighted by Gasteiger charge is -2.44. The van der Waals surface area contributed by atoms with Gasteiger partial charge < -0.3 is 25.0 Å². The van der Waals surface area contributed by atoms with Crippen LogP contribution in [0.25, 0.3) is 0 Å². The quantitative estimate of drug-likeness (QED) is 0.316. The zero-order valence-corrected chi connectivity index (χ0v) is 28.8. The minimum absolute atomic E-state index is 0.145. The van der Waals surface area contributed by atoms with Crippen LogP contribution < -0.4 is 15.8 Å². The number of nitrogens with one attached hydrogen (secondary N) is 2. The third-order valence-electron chi connectivity index (χ3n) is 11.2. The maximum Gasteiger partial charge on any atom is 0.253 e. The number of aliphatic hydroxyl groups excluding tert-OH is 1. The fourth-order valence-electron chi connectivity index (χ4n) is 8.28. The molecule has 0 spiro atoms. The number of aliphatic hydroxyl groups is 1. The number of rotatable bonds is 8. The van der Waals surface area contributed by atoms with Crippen LogP contribution in [0.3, 0.4) is 0 Å². The third kappa shape index (κ3) is 8.42. The lowest BCUT2D eigenvalue weighted by molar-refractivity contribution is 0.0350. The summed E-state index contributed by atoms with van der Waals surface area (Å²) in [6, 6.07) is 7.48.